The molecule has 1 aromatic carbocycles. The van der Waals surface area contributed by atoms with Crippen molar-refractivity contribution in [3.63, 3.8) is 0 Å². The van der Waals surface area contributed by atoms with E-state index in [1.54, 1.807) is 18.2 Å². The lowest BCUT2D eigenvalue weighted by atomic mass is 10.1. The first kappa shape index (κ1) is 14.0. The van der Waals surface area contributed by atoms with E-state index >= 15 is 0 Å². The summed E-state index contributed by atoms with van der Waals surface area (Å²) in [7, 11) is 0. The lowest BCUT2D eigenvalue weighted by Gasteiger charge is -2.34. The molecule has 1 aliphatic rings. The molecule has 1 aliphatic heterocycles. The molecular weight excluding hydrogens is 243 g/mol. The maximum atomic E-state index is 13.5. The predicted octanol–water partition coefficient (Wildman–Crippen LogP) is 1.11. The standard InChI is InChI=1S/C15H19FN2O/c1-2-7-17-8-10-18(11-9-17)12-15(19)13-5-3-4-6-14(13)16/h1,3-6,15,19H,7-12H2. The van der Waals surface area contributed by atoms with E-state index in [1.807, 2.05) is 0 Å². The number of piperazine rings is 1. The zero-order chi connectivity index (χ0) is 13.7. The molecule has 102 valence electrons. The van der Waals surface area contributed by atoms with Crippen LogP contribution in [0.4, 0.5) is 4.39 Å². The van der Waals surface area contributed by atoms with Crippen LogP contribution in [0.25, 0.3) is 0 Å². The Labute approximate surface area is 113 Å². The molecule has 0 aromatic heterocycles. The van der Waals surface area contributed by atoms with Crippen LogP contribution in [0.3, 0.4) is 0 Å². The normalized spacial score (nSPS) is 19.0. The van der Waals surface area contributed by atoms with Gasteiger partial charge in [0.1, 0.15) is 5.82 Å². The Hall–Kier alpha value is -1.41. The van der Waals surface area contributed by atoms with Crippen LogP contribution >= 0.6 is 0 Å². The van der Waals surface area contributed by atoms with Crippen molar-refractivity contribution in [2.75, 3.05) is 39.3 Å². The van der Waals surface area contributed by atoms with E-state index < -0.39 is 6.10 Å². The first-order chi connectivity index (χ1) is 9.20. The minimum absolute atomic E-state index is 0.346. The highest BCUT2D eigenvalue weighted by Gasteiger charge is 2.20. The van der Waals surface area contributed by atoms with E-state index in [0.29, 0.717) is 18.7 Å². The summed E-state index contributed by atoms with van der Waals surface area (Å²) in [5, 5.41) is 10.1. The summed E-state index contributed by atoms with van der Waals surface area (Å²) in [6.07, 6.45) is 4.50. The van der Waals surface area contributed by atoms with Crippen LogP contribution < -0.4 is 0 Å². The van der Waals surface area contributed by atoms with Gasteiger partial charge < -0.3 is 5.11 Å². The van der Waals surface area contributed by atoms with Crippen LogP contribution in [-0.4, -0.2) is 54.2 Å². The van der Waals surface area contributed by atoms with Gasteiger partial charge in [-0.25, -0.2) is 4.39 Å². The van der Waals surface area contributed by atoms with Crippen molar-refractivity contribution >= 4 is 0 Å². The lowest BCUT2D eigenvalue weighted by molar-refractivity contribution is 0.0751. The molecule has 1 saturated heterocycles. The Morgan fingerprint density at radius 3 is 2.47 bits per heavy atom. The zero-order valence-electron chi connectivity index (χ0n) is 10.9. The van der Waals surface area contributed by atoms with Gasteiger partial charge in [-0.15, -0.1) is 6.42 Å². The highest BCUT2D eigenvalue weighted by Crippen LogP contribution is 2.18. The second kappa shape index (κ2) is 6.67. The number of rotatable bonds is 4. The third-order valence-corrected chi connectivity index (χ3v) is 3.48. The van der Waals surface area contributed by atoms with Gasteiger partial charge in [0.15, 0.2) is 0 Å². The van der Waals surface area contributed by atoms with Gasteiger partial charge in [0.2, 0.25) is 0 Å². The third kappa shape index (κ3) is 3.77. The van der Waals surface area contributed by atoms with Gasteiger partial charge in [-0.1, -0.05) is 24.1 Å². The van der Waals surface area contributed by atoms with Crippen molar-refractivity contribution < 1.29 is 9.50 Å². The number of terminal acetylenes is 1. The van der Waals surface area contributed by atoms with Crippen LogP contribution in [0.15, 0.2) is 24.3 Å². The third-order valence-electron chi connectivity index (χ3n) is 3.48. The molecule has 0 amide bonds. The van der Waals surface area contributed by atoms with Crippen LogP contribution in [0.5, 0.6) is 0 Å². The first-order valence-electron chi connectivity index (χ1n) is 6.51. The quantitative estimate of drug-likeness (QED) is 0.824. The SMILES string of the molecule is C#CCN1CCN(CC(O)c2ccccc2F)CC1. The zero-order valence-corrected chi connectivity index (χ0v) is 10.9. The summed E-state index contributed by atoms with van der Waals surface area (Å²) in [5.41, 5.74) is 0.369. The molecule has 0 saturated carbocycles. The fourth-order valence-electron chi connectivity index (χ4n) is 2.35. The van der Waals surface area contributed by atoms with Crippen molar-refractivity contribution in [3.05, 3.63) is 35.6 Å². The smallest absolute Gasteiger partial charge is 0.129 e. The topological polar surface area (TPSA) is 26.7 Å². The molecule has 1 aromatic rings. The molecule has 1 heterocycles. The maximum Gasteiger partial charge on any atom is 0.129 e. The molecule has 4 heteroatoms. The van der Waals surface area contributed by atoms with Crippen molar-refractivity contribution in [1.29, 1.82) is 0 Å². The first-order valence-corrected chi connectivity index (χ1v) is 6.51. The molecule has 1 atom stereocenters. The van der Waals surface area contributed by atoms with E-state index in [1.165, 1.54) is 6.07 Å². The lowest BCUT2D eigenvalue weighted by Crippen LogP contribution is -2.47. The molecule has 0 radical (unpaired) electrons. The summed E-state index contributed by atoms with van der Waals surface area (Å²) < 4.78 is 13.5. The van der Waals surface area contributed by atoms with Crippen molar-refractivity contribution in [1.82, 2.24) is 9.80 Å². The van der Waals surface area contributed by atoms with E-state index in [-0.39, 0.29) is 5.82 Å². The molecule has 3 nitrogen and oxygen atoms in total. The second-order valence-corrected chi connectivity index (χ2v) is 4.82. The van der Waals surface area contributed by atoms with Crippen LogP contribution in [0, 0.1) is 18.2 Å². The van der Waals surface area contributed by atoms with E-state index in [0.717, 1.165) is 26.2 Å². The minimum atomic E-state index is -0.777. The summed E-state index contributed by atoms with van der Waals surface area (Å²) in [4.78, 5) is 4.34. The number of benzene rings is 1. The van der Waals surface area contributed by atoms with Crippen molar-refractivity contribution in [3.8, 4) is 12.3 Å². The molecule has 2 rings (SSSR count). The van der Waals surface area contributed by atoms with Crippen molar-refractivity contribution in [2.45, 2.75) is 6.10 Å². The Balaban J connectivity index is 1.86. The Kier molecular flexibility index (Phi) is 4.92. The van der Waals surface area contributed by atoms with E-state index in [2.05, 4.69) is 15.7 Å². The predicted molar refractivity (Wildman–Crippen MR) is 73.1 cm³/mol. The Morgan fingerprint density at radius 2 is 1.84 bits per heavy atom. The van der Waals surface area contributed by atoms with Gasteiger partial charge in [0.05, 0.1) is 12.6 Å². The van der Waals surface area contributed by atoms with Crippen LogP contribution in [0.1, 0.15) is 11.7 Å². The van der Waals surface area contributed by atoms with Gasteiger partial charge in [0, 0.05) is 38.3 Å². The molecule has 19 heavy (non-hydrogen) atoms. The number of hydrogen-bond acceptors (Lipinski definition) is 3. The second-order valence-electron chi connectivity index (χ2n) is 4.82. The Bertz CT molecular complexity index is 450. The minimum Gasteiger partial charge on any atom is -0.387 e. The number of hydrogen-bond donors (Lipinski definition) is 1. The summed E-state index contributed by atoms with van der Waals surface area (Å²) in [6, 6.07) is 6.38. The van der Waals surface area contributed by atoms with Gasteiger partial charge in [-0.3, -0.25) is 9.80 Å². The molecule has 1 fully saturated rings. The molecular formula is C15H19FN2O. The van der Waals surface area contributed by atoms with Gasteiger partial charge >= 0.3 is 0 Å². The largest absolute Gasteiger partial charge is 0.387 e. The maximum absolute atomic E-state index is 13.5. The van der Waals surface area contributed by atoms with Crippen LogP contribution in [0.2, 0.25) is 0 Å². The highest BCUT2D eigenvalue weighted by molar-refractivity contribution is 5.20. The van der Waals surface area contributed by atoms with Gasteiger partial charge in [-0.2, -0.15) is 0 Å². The van der Waals surface area contributed by atoms with Crippen molar-refractivity contribution in [2.24, 2.45) is 0 Å². The van der Waals surface area contributed by atoms with E-state index in [9.17, 15) is 9.50 Å². The summed E-state index contributed by atoms with van der Waals surface area (Å²) in [5.74, 6) is 2.29. The summed E-state index contributed by atoms with van der Waals surface area (Å²) >= 11 is 0. The fourth-order valence-corrected chi connectivity index (χ4v) is 2.35. The summed E-state index contributed by atoms with van der Waals surface area (Å²) in [6.45, 7) is 4.64. The number of aliphatic hydroxyl groups excluding tert-OH is 1. The average Bonchev–Trinajstić information content (AvgIpc) is 2.42. The molecule has 0 spiro atoms. The molecule has 1 unspecified atom stereocenters. The average molecular weight is 262 g/mol. The van der Waals surface area contributed by atoms with Gasteiger partial charge in [-0.05, 0) is 6.07 Å². The fraction of sp³-hybridized carbons (Fsp3) is 0.467. The monoisotopic (exact) mass is 262 g/mol. The molecule has 1 N–H and O–H groups in total. The number of nitrogens with zero attached hydrogens (tertiary/aromatic N) is 2. The molecule has 0 aliphatic carbocycles. The number of aliphatic hydroxyl groups is 1. The highest BCUT2D eigenvalue weighted by atomic mass is 19.1. The number of halogens is 1. The van der Waals surface area contributed by atoms with Crippen LogP contribution in [-0.2, 0) is 0 Å². The number of β-amino-alcohol motifs (C(OH)–C–C–N with tert-alkyl or cyclic N) is 1. The van der Waals surface area contributed by atoms with E-state index in [4.69, 9.17) is 6.42 Å². The Morgan fingerprint density at radius 1 is 1.21 bits per heavy atom. The molecule has 0 bridgehead atoms. The van der Waals surface area contributed by atoms with Gasteiger partial charge in [0.25, 0.3) is 0 Å².